The van der Waals surface area contributed by atoms with Gasteiger partial charge in [-0.1, -0.05) is 24.6 Å². The Hall–Kier alpha value is -2.49. The number of piperidine rings is 1. The van der Waals surface area contributed by atoms with E-state index < -0.39 is 10.0 Å². The maximum atomic E-state index is 12.9. The first-order valence-corrected chi connectivity index (χ1v) is 12.3. The van der Waals surface area contributed by atoms with Crippen LogP contribution in [-0.4, -0.2) is 48.0 Å². The monoisotopic (exact) mass is 444 g/mol. The number of carbonyl (C=O) groups is 1. The van der Waals surface area contributed by atoms with Crippen LogP contribution in [0.3, 0.4) is 0 Å². The van der Waals surface area contributed by atoms with E-state index in [1.54, 1.807) is 10.1 Å². The number of hydrogen-bond donors (Lipinski definition) is 1. The van der Waals surface area contributed by atoms with E-state index in [0.29, 0.717) is 26.1 Å². The van der Waals surface area contributed by atoms with Crippen LogP contribution in [0.15, 0.2) is 58.9 Å². The largest absolute Gasteiger partial charge is 0.351 e. The molecule has 3 heterocycles. The second kappa shape index (κ2) is 9.11. The van der Waals surface area contributed by atoms with Crippen LogP contribution in [0.4, 0.5) is 0 Å². The molecule has 158 valence electrons. The molecule has 1 aromatic carbocycles. The maximum absolute atomic E-state index is 12.9. The number of rotatable bonds is 7. The Morgan fingerprint density at radius 3 is 2.60 bits per heavy atom. The Labute approximate surface area is 180 Å². The average molecular weight is 445 g/mol. The van der Waals surface area contributed by atoms with Crippen molar-refractivity contribution in [3.8, 4) is 5.69 Å². The van der Waals surface area contributed by atoms with Gasteiger partial charge >= 0.3 is 0 Å². The number of nitrogens with one attached hydrogen (secondary N) is 1. The third kappa shape index (κ3) is 4.48. The van der Waals surface area contributed by atoms with E-state index in [1.165, 1.54) is 10.4 Å². The molecule has 0 atom stereocenters. The van der Waals surface area contributed by atoms with E-state index in [1.807, 2.05) is 42.6 Å². The van der Waals surface area contributed by atoms with E-state index in [-0.39, 0.29) is 15.7 Å². The minimum Gasteiger partial charge on any atom is -0.351 e. The molecule has 30 heavy (non-hydrogen) atoms. The minimum atomic E-state index is -3.63. The molecule has 7 nitrogen and oxygen atoms in total. The lowest BCUT2D eigenvalue weighted by atomic mass is 10.2. The van der Waals surface area contributed by atoms with Crippen molar-refractivity contribution < 1.29 is 13.2 Å². The van der Waals surface area contributed by atoms with Crippen LogP contribution in [0.1, 0.15) is 34.6 Å². The number of carbonyl (C=O) groups excluding carboxylic acids is 1. The summed E-state index contributed by atoms with van der Waals surface area (Å²) >= 11 is 1.16. The summed E-state index contributed by atoms with van der Waals surface area (Å²) in [5.74, 6) is -0.358. The van der Waals surface area contributed by atoms with Crippen molar-refractivity contribution in [2.45, 2.75) is 30.6 Å². The Kier molecular flexibility index (Phi) is 6.31. The molecular weight excluding hydrogens is 420 g/mol. The van der Waals surface area contributed by atoms with E-state index in [0.717, 1.165) is 42.0 Å². The lowest BCUT2D eigenvalue weighted by Crippen LogP contribution is -2.36. The van der Waals surface area contributed by atoms with Crippen molar-refractivity contribution in [2.24, 2.45) is 0 Å². The molecule has 0 aliphatic carbocycles. The van der Waals surface area contributed by atoms with Crippen LogP contribution < -0.4 is 5.32 Å². The van der Waals surface area contributed by atoms with Gasteiger partial charge in [-0.2, -0.15) is 9.40 Å². The quantitative estimate of drug-likeness (QED) is 0.607. The highest BCUT2D eigenvalue weighted by molar-refractivity contribution is 7.89. The van der Waals surface area contributed by atoms with E-state index >= 15 is 0 Å². The molecule has 0 spiro atoms. The number of benzene rings is 1. The Morgan fingerprint density at radius 2 is 1.83 bits per heavy atom. The summed E-state index contributed by atoms with van der Waals surface area (Å²) in [6.45, 7) is 1.42. The van der Waals surface area contributed by atoms with Gasteiger partial charge in [0.1, 0.15) is 9.77 Å². The summed E-state index contributed by atoms with van der Waals surface area (Å²) in [7, 11) is -3.63. The number of hydrogen-bond acceptors (Lipinski definition) is 5. The lowest BCUT2D eigenvalue weighted by molar-refractivity contribution is 0.0955. The average Bonchev–Trinajstić information content (AvgIpc) is 3.45. The zero-order chi connectivity index (χ0) is 21.0. The van der Waals surface area contributed by atoms with Crippen molar-refractivity contribution in [1.82, 2.24) is 19.4 Å². The Balaban J connectivity index is 1.38. The zero-order valence-corrected chi connectivity index (χ0v) is 18.2. The minimum absolute atomic E-state index is 0.111. The number of aromatic nitrogens is 2. The van der Waals surface area contributed by atoms with Crippen molar-refractivity contribution in [3.05, 3.63) is 64.6 Å². The van der Waals surface area contributed by atoms with Crippen LogP contribution in [0.25, 0.3) is 5.69 Å². The van der Waals surface area contributed by atoms with Gasteiger partial charge < -0.3 is 5.32 Å². The van der Waals surface area contributed by atoms with Gasteiger partial charge in [0.2, 0.25) is 10.0 Å². The smallest absolute Gasteiger partial charge is 0.262 e. The third-order valence-corrected chi connectivity index (χ3v) is 8.08. The molecular formula is C21H24N4O3S2. The molecule has 0 radical (unpaired) electrons. The predicted molar refractivity (Wildman–Crippen MR) is 117 cm³/mol. The molecule has 1 aliphatic rings. The molecule has 0 unspecified atom stereocenters. The summed E-state index contributed by atoms with van der Waals surface area (Å²) in [6.07, 6.45) is 5.21. The molecule has 1 N–H and O–H groups in total. The third-order valence-electron chi connectivity index (χ3n) is 5.10. The summed E-state index contributed by atoms with van der Waals surface area (Å²) in [4.78, 5) is 13.0. The topological polar surface area (TPSA) is 84.3 Å². The highest BCUT2D eigenvalue weighted by Crippen LogP contribution is 2.27. The fraction of sp³-hybridized carbons (Fsp3) is 0.333. The van der Waals surface area contributed by atoms with E-state index in [9.17, 15) is 13.2 Å². The van der Waals surface area contributed by atoms with E-state index in [2.05, 4.69) is 10.4 Å². The first-order chi connectivity index (χ1) is 14.6. The fourth-order valence-electron chi connectivity index (χ4n) is 3.51. The second-order valence-electron chi connectivity index (χ2n) is 7.17. The lowest BCUT2D eigenvalue weighted by Gasteiger charge is -2.25. The molecule has 2 aromatic heterocycles. The Bertz CT molecular complexity index is 1100. The fourth-order valence-corrected chi connectivity index (χ4v) is 6.35. The predicted octanol–water partition coefficient (Wildman–Crippen LogP) is 3.08. The number of para-hydroxylation sites is 1. The van der Waals surface area contributed by atoms with Gasteiger partial charge in [0.25, 0.3) is 5.91 Å². The standard InChI is InChI=1S/C21H24N4O3S2/c26-21(20-19(11-16-29-20)30(27,28)24-13-5-2-6-14-24)22-12-9-17-10-15-25(23-17)18-7-3-1-4-8-18/h1,3-4,7-8,10-11,15-16H,2,5-6,9,12-14H2,(H,22,26). The number of thiophene rings is 1. The number of sulfonamides is 1. The molecule has 9 heteroatoms. The van der Waals surface area contributed by atoms with Crippen molar-refractivity contribution in [1.29, 1.82) is 0 Å². The maximum Gasteiger partial charge on any atom is 0.262 e. The van der Waals surface area contributed by atoms with Gasteiger partial charge in [0.15, 0.2) is 0 Å². The van der Waals surface area contributed by atoms with Gasteiger partial charge in [-0.05, 0) is 42.5 Å². The number of amides is 1. The van der Waals surface area contributed by atoms with Gasteiger partial charge in [0, 0.05) is 32.3 Å². The van der Waals surface area contributed by atoms with E-state index in [4.69, 9.17) is 0 Å². The van der Waals surface area contributed by atoms with Crippen molar-refractivity contribution >= 4 is 27.3 Å². The zero-order valence-electron chi connectivity index (χ0n) is 16.5. The van der Waals surface area contributed by atoms with Gasteiger partial charge in [-0.3, -0.25) is 4.79 Å². The van der Waals surface area contributed by atoms with Gasteiger partial charge in [-0.15, -0.1) is 11.3 Å². The highest BCUT2D eigenvalue weighted by Gasteiger charge is 2.30. The van der Waals surface area contributed by atoms with Crippen LogP contribution in [-0.2, 0) is 16.4 Å². The molecule has 3 aromatic rings. The SMILES string of the molecule is O=C(NCCc1ccn(-c2ccccc2)n1)c1sccc1S(=O)(=O)N1CCCCC1. The molecule has 4 rings (SSSR count). The van der Waals surface area contributed by atoms with Crippen molar-refractivity contribution in [2.75, 3.05) is 19.6 Å². The summed E-state index contributed by atoms with van der Waals surface area (Å²) in [5.41, 5.74) is 1.82. The first-order valence-electron chi connectivity index (χ1n) is 10.0. The summed E-state index contributed by atoms with van der Waals surface area (Å²) in [5, 5.41) is 9.02. The number of nitrogens with zero attached hydrogens (tertiary/aromatic N) is 3. The molecule has 1 fully saturated rings. The highest BCUT2D eigenvalue weighted by atomic mass is 32.2. The van der Waals surface area contributed by atoms with Gasteiger partial charge in [-0.25, -0.2) is 13.1 Å². The molecule has 1 aliphatic heterocycles. The summed E-state index contributed by atoms with van der Waals surface area (Å²) < 4.78 is 29.2. The second-order valence-corrected chi connectivity index (χ2v) is 9.99. The molecule has 0 bridgehead atoms. The van der Waals surface area contributed by atoms with Crippen LogP contribution in [0.5, 0.6) is 0 Å². The molecule has 1 amide bonds. The van der Waals surface area contributed by atoms with Crippen LogP contribution in [0, 0.1) is 0 Å². The van der Waals surface area contributed by atoms with Crippen LogP contribution >= 0.6 is 11.3 Å². The normalized spacial score (nSPS) is 15.2. The molecule has 0 saturated carbocycles. The first kappa shape index (κ1) is 20.8. The molecule has 1 saturated heterocycles. The van der Waals surface area contributed by atoms with Gasteiger partial charge in [0.05, 0.1) is 11.4 Å². The van der Waals surface area contributed by atoms with Crippen molar-refractivity contribution in [3.63, 3.8) is 0 Å². The Morgan fingerprint density at radius 1 is 1.07 bits per heavy atom. The van der Waals surface area contributed by atoms with Crippen LogP contribution in [0.2, 0.25) is 0 Å². The summed E-state index contributed by atoms with van der Waals surface area (Å²) in [6, 6.07) is 13.2.